The van der Waals surface area contributed by atoms with E-state index in [1.165, 1.54) is 0 Å². The summed E-state index contributed by atoms with van der Waals surface area (Å²) in [4.78, 5) is 2.25. The SMILES string of the molecule is Nc1ccc2c(c1)NCC(CN1CC[C@@H](O)C1)O2. The van der Waals surface area contributed by atoms with Gasteiger partial charge >= 0.3 is 0 Å². The molecule has 18 heavy (non-hydrogen) atoms. The molecule has 1 aromatic rings. The topological polar surface area (TPSA) is 70.8 Å². The third-order valence-electron chi connectivity index (χ3n) is 3.53. The van der Waals surface area contributed by atoms with Crippen LogP contribution in [0.5, 0.6) is 5.75 Å². The normalized spacial score (nSPS) is 27.4. The summed E-state index contributed by atoms with van der Waals surface area (Å²) in [6, 6.07) is 5.65. The van der Waals surface area contributed by atoms with E-state index in [1.54, 1.807) is 0 Å². The Labute approximate surface area is 107 Å². The van der Waals surface area contributed by atoms with E-state index in [2.05, 4.69) is 10.2 Å². The number of rotatable bonds is 2. The van der Waals surface area contributed by atoms with Crippen LogP contribution in [0.2, 0.25) is 0 Å². The zero-order valence-electron chi connectivity index (χ0n) is 10.3. The number of benzene rings is 1. The standard InChI is InChI=1S/C13H19N3O2/c14-9-1-2-13-12(5-9)15-6-11(18-13)8-16-4-3-10(17)7-16/h1-2,5,10-11,15,17H,3-4,6-8,14H2/t10-,11?/m1/s1. The van der Waals surface area contributed by atoms with Gasteiger partial charge in [0.05, 0.1) is 18.3 Å². The van der Waals surface area contributed by atoms with Crippen LogP contribution in [0.4, 0.5) is 11.4 Å². The maximum Gasteiger partial charge on any atom is 0.143 e. The van der Waals surface area contributed by atoms with Gasteiger partial charge in [-0.05, 0) is 24.6 Å². The van der Waals surface area contributed by atoms with Crippen LogP contribution < -0.4 is 15.8 Å². The number of likely N-dealkylation sites (tertiary alicyclic amines) is 1. The third kappa shape index (κ3) is 2.37. The number of nitrogens with zero attached hydrogens (tertiary/aromatic N) is 1. The predicted molar refractivity (Wildman–Crippen MR) is 70.8 cm³/mol. The number of aliphatic hydroxyl groups is 1. The summed E-state index contributed by atoms with van der Waals surface area (Å²) in [6.07, 6.45) is 0.827. The van der Waals surface area contributed by atoms with Crippen LogP contribution in [-0.4, -0.2) is 48.4 Å². The van der Waals surface area contributed by atoms with Crippen molar-refractivity contribution in [3.63, 3.8) is 0 Å². The maximum atomic E-state index is 9.51. The number of fused-ring (bicyclic) bond motifs is 1. The van der Waals surface area contributed by atoms with Crippen LogP contribution in [0.1, 0.15) is 6.42 Å². The number of hydrogen-bond donors (Lipinski definition) is 3. The third-order valence-corrected chi connectivity index (χ3v) is 3.53. The second-order valence-electron chi connectivity index (χ2n) is 5.08. The minimum atomic E-state index is -0.173. The lowest BCUT2D eigenvalue weighted by molar-refractivity contribution is 0.132. The van der Waals surface area contributed by atoms with E-state index in [9.17, 15) is 5.11 Å². The largest absolute Gasteiger partial charge is 0.485 e. The van der Waals surface area contributed by atoms with E-state index < -0.39 is 0 Å². The summed E-state index contributed by atoms with van der Waals surface area (Å²) < 4.78 is 5.94. The van der Waals surface area contributed by atoms with Crippen molar-refractivity contribution in [3.05, 3.63) is 18.2 Å². The molecule has 0 aliphatic carbocycles. The highest BCUT2D eigenvalue weighted by atomic mass is 16.5. The summed E-state index contributed by atoms with van der Waals surface area (Å²) in [5.74, 6) is 0.861. The molecule has 2 aliphatic rings. The molecule has 0 radical (unpaired) electrons. The Bertz CT molecular complexity index is 438. The van der Waals surface area contributed by atoms with E-state index in [1.807, 2.05) is 18.2 Å². The summed E-state index contributed by atoms with van der Waals surface area (Å²) in [6.45, 7) is 3.35. The number of aliphatic hydroxyl groups excluding tert-OH is 1. The summed E-state index contributed by atoms with van der Waals surface area (Å²) in [5.41, 5.74) is 7.44. The molecule has 1 fully saturated rings. The molecule has 1 saturated heterocycles. The molecule has 2 atom stereocenters. The average Bonchev–Trinajstić information content (AvgIpc) is 2.75. The fourth-order valence-corrected chi connectivity index (χ4v) is 2.60. The number of hydrogen-bond acceptors (Lipinski definition) is 5. The molecular weight excluding hydrogens is 230 g/mol. The molecule has 0 aromatic heterocycles. The molecule has 5 nitrogen and oxygen atoms in total. The van der Waals surface area contributed by atoms with Gasteiger partial charge in [0.25, 0.3) is 0 Å². The predicted octanol–water partition coefficient (Wildman–Crippen LogP) is 0.508. The van der Waals surface area contributed by atoms with Crippen molar-refractivity contribution in [2.75, 3.05) is 37.2 Å². The molecule has 3 rings (SSSR count). The molecule has 5 heteroatoms. The van der Waals surface area contributed by atoms with Gasteiger partial charge in [-0.3, -0.25) is 4.90 Å². The van der Waals surface area contributed by atoms with E-state index in [0.717, 1.165) is 49.7 Å². The van der Waals surface area contributed by atoms with Gasteiger partial charge < -0.3 is 20.9 Å². The second kappa shape index (κ2) is 4.66. The Morgan fingerprint density at radius 2 is 2.39 bits per heavy atom. The molecule has 0 bridgehead atoms. The summed E-state index contributed by atoms with van der Waals surface area (Å²) in [5, 5.41) is 12.8. The van der Waals surface area contributed by atoms with Crippen molar-refractivity contribution >= 4 is 11.4 Å². The molecule has 0 saturated carbocycles. The Morgan fingerprint density at radius 3 is 3.17 bits per heavy atom. The molecule has 1 unspecified atom stereocenters. The zero-order chi connectivity index (χ0) is 12.5. The van der Waals surface area contributed by atoms with Gasteiger partial charge in [0.1, 0.15) is 11.9 Å². The van der Waals surface area contributed by atoms with Crippen LogP contribution in [0.3, 0.4) is 0 Å². The van der Waals surface area contributed by atoms with Crippen molar-refractivity contribution in [1.82, 2.24) is 4.90 Å². The van der Waals surface area contributed by atoms with Crippen LogP contribution in [0.25, 0.3) is 0 Å². The molecule has 2 aliphatic heterocycles. The van der Waals surface area contributed by atoms with Gasteiger partial charge in [-0.15, -0.1) is 0 Å². The maximum absolute atomic E-state index is 9.51. The van der Waals surface area contributed by atoms with E-state index in [4.69, 9.17) is 10.5 Å². The van der Waals surface area contributed by atoms with Crippen LogP contribution in [-0.2, 0) is 0 Å². The van der Waals surface area contributed by atoms with Gasteiger partial charge in [0.2, 0.25) is 0 Å². The fourth-order valence-electron chi connectivity index (χ4n) is 2.60. The summed E-state index contributed by atoms with van der Waals surface area (Å²) >= 11 is 0. The van der Waals surface area contributed by atoms with Crippen molar-refractivity contribution in [1.29, 1.82) is 0 Å². The number of anilines is 2. The molecule has 4 N–H and O–H groups in total. The number of nitrogen functional groups attached to an aromatic ring is 1. The zero-order valence-corrected chi connectivity index (χ0v) is 10.3. The average molecular weight is 249 g/mol. The smallest absolute Gasteiger partial charge is 0.143 e. The van der Waals surface area contributed by atoms with Crippen molar-refractivity contribution in [2.45, 2.75) is 18.6 Å². The molecule has 2 heterocycles. The molecule has 0 amide bonds. The Morgan fingerprint density at radius 1 is 1.50 bits per heavy atom. The highest BCUT2D eigenvalue weighted by Gasteiger charge is 2.26. The van der Waals surface area contributed by atoms with Crippen LogP contribution in [0, 0.1) is 0 Å². The Balaban J connectivity index is 1.62. The lowest BCUT2D eigenvalue weighted by Crippen LogP contribution is -2.41. The Kier molecular flexibility index (Phi) is 3.01. The van der Waals surface area contributed by atoms with Crippen molar-refractivity contribution in [2.24, 2.45) is 0 Å². The van der Waals surface area contributed by atoms with Crippen molar-refractivity contribution < 1.29 is 9.84 Å². The van der Waals surface area contributed by atoms with E-state index in [0.29, 0.717) is 0 Å². The lowest BCUT2D eigenvalue weighted by atomic mass is 10.2. The highest BCUT2D eigenvalue weighted by Crippen LogP contribution is 2.31. The number of ether oxygens (including phenoxy) is 1. The minimum absolute atomic E-state index is 0.131. The van der Waals surface area contributed by atoms with Gasteiger partial charge in [0, 0.05) is 25.3 Å². The molecule has 1 aromatic carbocycles. The first kappa shape index (κ1) is 11.6. The number of nitrogens with two attached hydrogens (primary N) is 1. The van der Waals surface area contributed by atoms with Gasteiger partial charge in [0.15, 0.2) is 0 Å². The van der Waals surface area contributed by atoms with Gasteiger partial charge in [-0.2, -0.15) is 0 Å². The van der Waals surface area contributed by atoms with Crippen LogP contribution >= 0.6 is 0 Å². The first-order valence-electron chi connectivity index (χ1n) is 6.41. The van der Waals surface area contributed by atoms with Crippen LogP contribution in [0.15, 0.2) is 18.2 Å². The van der Waals surface area contributed by atoms with Gasteiger partial charge in [-0.1, -0.05) is 0 Å². The van der Waals surface area contributed by atoms with Gasteiger partial charge in [-0.25, -0.2) is 0 Å². The monoisotopic (exact) mass is 249 g/mol. The van der Waals surface area contributed by atoms with E-state index in [-0.39, 0.29) is 12.2 Å². The quantitative estimate of drug-likeness (QED) is 0.666. The molecule has 98 valence electrons. The highest BCUT2D eigenvalue weighted by molar-refractivity contribution is 5.64. The number of nitrogens with one attached hydrogen (secondary N) is 1. The number of β-amino-alcohol motifs (C(OH)–C–C–N with tert-alkyl or cyclic N) is 1. The molecule has 0 spiro atoms. The van der Waals surface area contributed by atoms with Crippen molar-refractivity contribution in [3.8, 4) is 5.75 Å². The van der Waals surface area contributed by atoms with E-state index >= 15 is 0 Å². The minimum Gasteiger partial charge on any atom is -0.485 e. The second-order valence-corrected chi connectivity index (χ2v) is 5.08. The summed E-state index contributed by atoms with van der Waals surface area (Å²) in [7, 11) is 0. The fraction of sp³-hybridized carbons (Fsp3) is 0.538. The molecular formula is C13H19N3O2. The Hall–Kier alpha value is -1.46. The lowest BCUT2D eigenvalue weighted by Gasteiger charge is -2.30. The first-order valence-corrected chi connectivity index (χ1v) is 6.41. The first-order chi connectivity index (χ1) is 8.70.